The number of nitrogens with zero attached hydrogens (tertiary/aromatic N) is 2. The summed E-state index contributed by atoms with van der Waals surface area (Å²) in [4.78, 5) is 3.89. The third-order valence-electron chi connectivity index (χ3n) is 0.734. The largest absolute Gasteiger partial charge is 0.231 e. The number of hydrogen-bond acceptors (Lipinski definition) is 3. The molecule has 1 heterocycles. The van der Waals surface area contributed by atoms with Crippen molar-refractivity contribution in [2.45, 2.75) is 20.8 Å². The van der Waals surface area contributed by atoms with Gasteiger partial charge in [-0.1, -0.05) is 13.8 Å². The SMILES string of the molecule is CC.Cc1nc(C#N)cs1. The van der Waals surface area contributed by atoms with Gasteiger partial charge in [0.25, 0.3) is 0 Å². The minimum Gasteiger partial charge on any atom is -0.231 e. The molecule has 0 aliphatic carbocycles. The quantitative estimate of drug-likeness (QED) is 0.575. The second-order valence-corrected chi connectivity index (χ2v) is 2.43. The molecule has 0 unspecified atom stereocenters. The van der Waals surface area contributed by atoms with Gasteiger partial charge in [0, 0.05) is 5.38 Å². The normalized spacial score (nSPS) is 7.40. The number of aryl methyl sites for hydroxylation is 1. The van der Waals surface area contributed by atoms with Gasteiger partial charge >= 0.3 is 0 Å². The average molecular weight is 154 g/mol. The lowest BCUT2D eigenvalue weighted by molar-refractivity contribution is 1.25. The molecule has 0 aromatic carbocycles. The molecule has 1 aromatic heterocycles. The van der Waals surface area contributed by atoms with Crippen LogP contribution in [0.4, 0.5) is 0 Å². The molecule has 0 fully saturated rings. The maximum atomic E-state index is 8.25. The summed E-state index contributed by atoms with van der Waals surface area (Å²) in [6.07, 6.45) is 0. The number of nitriles is 1. The third kappa shape index (κ3) is 2.60. The fourth-order valence-corrected chi connectivity index (χ4v) is 0.953. The van der Waals surface area contributed by atoms with Crippen LogP contribution in [0.25, 0.3) is 0 Å². The van der Waals surface area contributed by atoms with Gasteiger partial charge < -0.3 is 0 Å². The van der Waals surface area contributed by atoms with Gasteiger partial charge in [-0.2, -0.15) is 5.26 Å². The molecule has 0 bridgehead atoms. The Morgan fingerprint density at radius 1 is 1.60 bits per heavy atom. The minimum atomic E-state index is 0.521. The maximum absolute atomic E-state index is 8.25. The van der Waals surface area contributed by atoms with Gasteiger partial charge in [-0.15, -0.1) is 11.3 Å². The summed E-state index contributed by atoms with van der Waals surface area (Å²) in [6.45, 7) is 5.88. The van der Waals surface area contributed by atoms with Crippen molar-refractivity contribution in [1.29, 1.82) is 5.26 Å². The van der Waals surface area contributed by atoms with Crippen molar-refractivity contribution < 1.29 is 0 Å². The fourth-order valence-electron chi connectivity index (χ4n) is 0.415. The Hall–Kier alpha value is -0.880. The smallest absolute Gasteiger partial charge is 0.151 e. The van der Waals surface area contributed by atoms with Crippen LogP contribution in [-0.4, -0.2) is 4.98 Å². The summed E-state index contributed by atoms with van der Waals surface area (Å²) in [5.74, 6) is 0. The van der Waals surface area contributed by atoms with Crippen molar-refractivity contribution in [1.82, 2.24) is 4.98 Å². The lowest BCUT2D eigenvalue weighted by Crippen LogP contribution is -1.69. The Balaban J connectivity index is 0.000000371. The third-order valence-corrected chi connectivity index (χ3v) is 1.51. The molecular weight excluding hydrogens is 144 g/mol. The fraction of sp³-hybridized carbons (Fsp3) is 0.429. The molecule has 0 aliphatic heterocycles. The van der Waals surface area contributed by atoms with Crippen LogP contribution in [0.15, 0.2) is 5.38 Å². The summed E-state index contributed by atoms with van der Waals surface area (Å²) in [5.41, 5.74) is 0.521. The van der Waals surface area contributed by atoms with Crippen molar-refractivity contribution in [2.24, 2.45) is 0 Å². The van der Waals surface area contributed by atoms with Gasteiger partial charge in [-0.05, 0) is 6.92 Å². The predicted molar refractivity (Wildman–Crippen MR) is 42.9 cm³/mol. The van der Waals surface area contributed by atoms with Crippen molar-refractivity contribution in [3.63, 3.8) is 0 Å². The number of aromatic nitrogens is 1. The molecule has 0 atom stereocenters. The van der Waals surface area contributed by atoms with Crippen LogP contribution < -0.4 is 0 Å². The molecule has 0 radical (unpaired) electrons. The monoisotopic (exact) mass is 154 g/mol. The zero-order valence-corrected chi connectivity index (χ0v) is 7.20. The van der Waals surface area contributed by atoms with E-state index in [0.717, 1.165) is 5.01 Å². The Morgan fingerprint density at radius 3 is 2.40 bits per heavy atom. The van der Waals surface area contributed by atoms with Crippen LogP contribution in [0.5, 0.6) is 0 Å². The molecule has 1 rings (SSSR count). The topological polar surface area (TPSA) is 36.7 Å². The van der Waals surface area contributed by atoms with Crippen LogP contribution in [0, 0.1) is 18.3 Å². The highest BCUT2D eigenvalue weighted by Gasteiger charge is 1.91. The number of rotatable bonds is 0. The van der Waals surface area contributed by atoms with Crippen molar-refractivity contribution in [3.05, 3.63) is 16.1 Å². The van der Waals surface area contributed by atoms with Crippen molar-refractivity contribution >= 4 is 11.3 Å². The van der Waals surface area contributed by atoms with Crippen LogP contribution in [0.2, 0.25) is 0 Å². The second kappa shape index (κ2) is 4.95. The van der Waals surface area contributed by atoms with E-state index in [0.29, 0.717) is 5.69 Å². The standard InChI is InChI=1S/C5H4N2S.C2H6/c1-4-7-5(2-6)3-8-4;1-2/h3H,1H3;1-2H3. The van der Waals surface area contributed by atoms with Crippen molar-refractivity contribution in [2.75, 3.05) is 0 Å². The van der Waals surface area contributed by atoms with E-state index < -0.39 is 0 Å². The highest BCUT2D eigenvalue weighted by atomic mass is 32.1. The van der Waals surface area contributed by atoms with E-state index in [4.69, 9.17) is 5.26 Å². The van der Waals surface area contributed by atoms with Crippen LogP contribution in [0.3, 0.4) is 0 Å². The second-order valence-electron chi connectivity index (χ2n) is 1.36. The molecule has 0 saturated heterocycles. The Kier molecular flexibility index (Phi) is 4.51. The zero-order valence-electron chi connectivity index (χ0n) is 6.38. The number of hydrogen-bond donors (Lipinski definition) is 0. The lowest BCUT2D eigenvalue weighted by atomic mass is 10.6. The Bertz CT molecular complexity index is 222. The van der Waals surface area contributed by atoms with E-state index >= 15 is 0 Å². The number of thiazole rings is 1. The molecular formula is C7H10N2S. The first kappa shape index (κ1) is 9.12. The van der Waals surface area contributed by atoms with Crippen LogP contribution in [0.1, 0.15) is 24.5 Å². The summed E-state index contributed by atoms with van der Waals surface area (Å²) >= 11 is 1.50. The predicted octanol–water partition coefficient (Wildman–Crippen LogP) is 2.35. The van der Waals surface area contributed by atoms with Gasteiger partial charge in [-0.25, -0.2) is 4.98 Å². The first-order valence-electron chi connectivity index (χ1n) is 3.15. The molecule has 0 spiro atoms. The first-order valence-corrected chi connectivity index (χ1v) is 4.03. The molecule has 1 aromatic rings. The lowest BCUT2D eigenvalue weighted by Gasteiger charge is -1.69. The molecule has 0 saturated carbocycles. The Morgan fingerprint density at radius 2 is 2.20 bits per heavy atom. The van der Waals surface area contributed by atoms with E-state index in [2.05, 4.69) is 4.98 Å². The molecule has 10 heavy (non-hydrogen) atoms. The molecule has 54 valence electrons. The zero-order chi connectivity index (χ0) is 7.98. The average Bonchev–Trinajstić information content (AvgIpc) is 2.40. The van der Waals surface area contributed by atoms with E-state index in [1.54, 1.807) is 5.38 Å². The van der Waals surface area contributed by atoms with Gasteiger partial charge in [-0.3, -0.25) is 0 Å². The summed E-state index contributed by atoms with van der Waals surface area (Å²) in [7, 11) is 0. The minimum absolute atomic E-state index is 0.521. The molecule has 0 N–H and O–H groups in total. The Labute approximate surface area is 65.1 Å². The molecule has 0 amide bonds. The van der Waals surface area contributed by atoms with Gasteiger partial charge in [0.1, 0.15) is 6.07 Å². The summed E-state index contributed by atoms with van der Waals surface area (Å²) in [5, 5.41) is 10.9. The molecule has 3 heteroatoms. The van der Waals surface area contributed by atoms with E-state index in [-0.39, 0.29) is 0 Å². The van der Waals surface area contributed by atoms with Gasteiger partial charge in [0.15, 0.2) is 5.69 Å². The molecule has 2 nitrogen and oxygen atoms in total. The van der Waals surface area contributed by atoms with Crippen LogP contribution >= 0.6 is 11.3 Å². The van der Waals surface area contributed by atoms with Gasteiger partial charge in [0.2, 0.25) is 0 Å². The maximum Gasteiger partial charge on any atom is 0.151 e. The van der Waals surface area contributed by atoms with Crippen molar-refractivity contribution in [3.8, 4) is 6.07 Å². The summed E-state index contributed by atoms with van der Waals surface area (Å²) < 4.78 is 0. The van der Waals surface area contributed by atoms with E-state index in [1.807, 2.05) is 26.8 Å². The highest BCUT2D eigenvalue weighted by molar-refractivity contribution is 7.09. The molecule has 0 aliphatic rings. The highest BCUT2D eigenvalue weighted by Crippen LogP contribution is 2.05. The van der Waals surface area contributed by atoms with E-state index in [9.17, 15) is 0 Å². The van der Waals surface area contributed by atoms with E-state index in [1.165, 1.54) is 11.3 Å². The van der Waals surface area contributed by atoms with Gasteiger partial charge in [0.05, 0.1) is 5.01 Å². The van der Waals surface area contributed by atoms with Crippen LogP contribution in [-0.2, 0) is 0 Å². The first-order chi connectivity index (χ1) is 4.83. The summed E-state index contributed by atoms with van der Waals surface area (Å²) in [6, 6.07) is 1.95.